The first kappa shape index (κ1) is 36.3. The second kappa shape index (κ2) is 18.1. The number of carboxylic acid groups (broad SMARTS) is 1. The van der Waals surface area contributed by atoms with Gasteiger partial charge in [-0.15, -0.1) is 0 Å². The van der Waals surface area contributed by atoms with Crippen molar-refractivity contribution in [3.05, 3.63) is 96.1 Å². The molecule has 0 aliphatic heterocycles. The predicted molar refractivity (Wildman–Crippen MR) is 183 cm³/mol. The zero-order valence-corrected chi connectivity index (χ0v) is 27.8. The van der Waals surface area contributed by atoms with Crippen molar-refractivity contribution in [2.24, 2.45) is 0 Å². The summed E-state index contributed by atoms with van der Waals surface area (Å²) in [6.07, 6.45) is 0.857. The van der Waals surface area contributed by atoms with E-state index in [1.165, 1.54) is 13.2 Å². The van der Waals surface area contributed by atoms with Crippen molar-refractivity contribution in [1.82, 2.24) is 15.5 Å². The number of carboxylic acids is 1. The third kappa shape index (κ3) is 9.99. The highest BCUT2D eigenvalue weighted by molar-refractivity contribution is 5.82. The van der Waals surface area contributed by atoms with Gasteiger partial charge in [0.05, 0.1) is 14.2 Å². The maximum Gasteiger partial charge on any atom is 0.407 e. The molecule has 0 fully saturated rings. The SMILES string of the molecule is C=CCOC(=O)NCCCCN(Cc1ccc(OC)cc1OC)C(=O)CCC(NC(=O)OCC1c2ccccc2-c2ccccc21)C(=O)O. The van der Waals surface area contributed by atoms with Crippen LogP contribution in [0.5, 0.6) is 11.5 Å². The predicted octanol–water partition coefficient (Wildman–Crippen LogP) is 5.50. The van der Waals surface area contributed by atoms with E-state index in [1.807, 2.05) is 48.5 Å². The number of alkyl carbamates (subject to hydrolysis) is 2. The minimum Gasteiger partial charge on any atom is -0.497 e. The maximum atomic E-state index is 13.5. The lowest BCUT2D eigenvalue weighted by Gasteiger charge is -2.25. The molecule has 1 aliphatic rings. The molecule has 3 amide bonds. The van der Waals surface area contributed by atoms with Crippen LogP contribution in [-0.4, -0.2) is 80.6 Å². The molecule has 0 saturated heterocycles. The molecule has 0 bridgehead atoms. The van der Waals surface area contributed by atoms with Gasteiger partial charge in [0.1, 0.15) is 30.8 Å². The van der Waals surface area contributed by atoms with E-state index in [2.05, 4.69) is 17.2 Å². The zero-order chi connectivity index (χ0) is 35.2. The van der Waals surface area contributed by atoms with Crippen molar-refractivity contribution >= 4 is 24.1 Å². The molecule has 0 heterocycles. The van der Waals surface area contributed by atoms with Crippen LogP contribution in [0, 0.1) is 0 Å². The fourth-order valence-corrected chi connectivity index (χ4v) is 5.75. The molecule has 1 aliphatic carbocycles. The Morgan fingerprint density at radius 3 is 2.24 bits per heavy atom. The summed E-state index contributed by atoms with van der Waals surface area (Å²) in [6.45, 7) is 4.50. The van der Waals surface area contributed by atoms with Crippen molar-refractivity contribution in [2.75, 3.05) is 40.5 Å². The number of amides is 3. The van der Waals surface area contributed by atoms with Crippen LogP contribution in [0.3, 0.4) is 0 Å². The number of unbranched alkanes of at least 4 members (excludes halogenated alkanes) is 1. The van der Waals surface area contributed by atoms with Gasteiger partial charge in [0.2, 0.25) is 5.91 Å². The Morgan fingerprint density at radius 2 is 1.61 bits per heavy atom. The highest BCUT2D eigenvalue weighted by Crippen LogP contribution is 2.44. The number of nitrogens with zero attached hydrogens (tertiary/aromatic N) is 1. The number of rotatable bonds is 18. The largest absolute Gasteiger partial charge is 0.497 e. The van der Waals surface area contributed by atoms with Gasteiger partial charge in [0.15, 0.2) is 0 Å². The van der Waals surface area contributed by atoms with Gasteiger partial charge in [0, 0.05) is 43.6 Å². The third-order valence-electron chi connectivity index (χ3n) is 8.25. The van der Waals surface area contributed by atoms with Crippen LogP contribution in [0.15, 0.2) is 79.4 Å². The van der Waals surface area contributed by atoms with Gasteiger partial charge in [0.25, 0.3) is 0 Å². The second-order valence-electron chi connectivity index (χ2n) is 11.4. The van der Waals surface area contributed by atoms with E-state index in [4.69, 9.17) is 18.9 Å². The number of aliphatic carboxylic acids is 1. The summed E-state index contributed by atoms with van der Waals surface area (Å²) in [7, 11) is 3.06. The van der Waals surface area contributed by atoms with Crippen molar-refractivity contribution in [3.63, 3.8) is 0 Å². The number of hydrogen-bond acceptors (Lipinski definition) is 8. The van der Waals surface area contributed by atoms with Crippen molar-refractivity contribution in [2.45, 2.75) is 44.2 Å². The highest BCUT2D eigenvalue weighted by atomic mass is 16.6. The van der Waals surface area contributed by atoms with Gasteiger partial charge in [-0.2, -0.15) is 0 Å². The van der Waals surface area contributed by atoms with Gasteiger partial charge in [-0.3, -0.25) is 4.79 Å². The molecular formula is C37H43N3O9. The number of methoxy groups -OCH3 is 2. The maximum absolute atomic E-state index is 13.5. The Hall–Kier alpha value is -5.52. The third-order valence-corrected chi connectivity index (χ3v) is 8.25. The number of carbonyl (C=O) groups excluding carboxylic acids is 3. The number of benzene rings is 3. The molecule has 49 heavy (non-hydrogen) atoms. The second-order valence-corrected chi connectivity index (χ2v) is 11.4. The molecule has 12 nitrogen and oxygen atoms in total. The topological polar surface area (TPSA) is 153 Å². The Kier molecular flexibility index (Phi) is 13.4. The first-order chi connectivity index (χ1) is 23.7. The Balaban J connectivity index is 1.35. The fraction of sp³-hybridized carbons (Fsp3) is 0.351. The monoisotopic (exact) mass is 673 g/mol. The Morgan fingerprint density at radius 1 is 0.918 bits per heavy atom. The molecule has 1 atom stereocenters. The van der Waals surface area contributed by atoms with Gasteiger partial charge in [-0.05, 0) is 53.6 Å². The minimum atomic E-state index is -1.34. The first-order valence-corrected chi connectivity index (χ1v) is 16.1. The molecule has 3 aromatic rings. The van der Waals surface area contributed by atoms with E-state index < -0.39 is 24.2 Å². The molecule has 1 unspecified atom stereocenters. The molecule has 12 heteroatoms. The molecule has 3 N–H and O–H groups in total. The average Bonchev–Trinajstić information content (AvgIpc) is 3.44. The van der Waals surface area contributed by atoms with Crippen molar-refractivity contribution in [3.8, 4) is 22.6 Å². The van der Waals surface area contributed by atoms with E-state index in [-0.39, 0.29) is 44.4 Å². The Bertz CT molecular complexity index is 1580. The number of nitrogens with one attached hydrogen (secondary N) is 2. The summed E-state index contributed by atoms with van der Waals surface area (Å²) in [5, 5.41) is 15.0. The summed E-state index contributed by atoms with van der Waals surface area (Å²) < 4.78 is 21.2. The smallest absolute Gasteiger partial charge is 0.407 e. The minimum absolute atomic E-state index is 0.0312. The molecule has 260 valence electrons. The number of ether oxygens (including phenoxy) is 4. The van der Waals surface area contributed by atoms with Gasteiger partial charge in [-0.25, -0.2) is 14.4 Å². The molecular weight excluding hydrogens is 630 g/mol. The van der Waals surface area contributed by atoms with Crippen molar-refractivity contribution < 1.29 is 43.2 Å². The van der Waals surface area contributed by atoms with E-state index in [0.29, 0.717) is 37.4 Å². The molecule has 0 saturated carbocycles. The number of hydrogen-bond donors (Lipinski definition) is 3. The summed E-state index contributed by atoms with van der Waals surface area (Å²) in [6, 6.07) is 19.8. The fourth-order valence-electron chi connectivity index (χ4n) is 5.75. The quantitative estimate of drug-likeness (QED) is 0.117. The summed E-state index contributed by atoms with van der Waals surface area (Å²) in [4.78, 5) is 51.8. The molecule has 0 spiro atoms. The zero-order valence-electron chi connectivity index (χ0n) is 27.8. The van der Waals surface area contributed by atoms with E-state index >= 15 is 0 Å². The molecule has 3 aromatic carbocycles. The van der Waals surface area contributed by atoms with Gasteiger partial charge < -0.3 is 39.6 Å². The lowest BCUT2D eigenvalue weighted by molar-refractivity contribution is -0.140. The average molecular weight is 674 g/mol. The van der Waals surface area contributed by atoms with Gasteiger partial charge >= 0.3 is 18.2 Å². The summed E-state index contributed by atoms with van der Waals surface area (Å²) in [5.41, 5.74) is 4.96. The van der Waals surface area contributed by atoms with Gasteiger partial charge in [-0.1, -0.05) is 61.2 Å². The van der Waals surface area contributed by atoms with Crippen LogP contribution in [-0.2, 0) is 25.6 Å². The molecule has 0 aromatic heterocycles. The summed E-state index contributed by atoms with van der Waals surface area (Å²) >= 11 is 0. The standard InChI is InChI=1S/C37H43N3O9/c1-4-21-48-36(44)38-19-9-10-20-40(23-25-15-16-26(46-2)22-33(25)47-3)34(41)18-17-32(35(42)43)39-37(45)49-24-31-29-13-7-5-11-27(29)28-12-6-8-14-30(28)31/h4-8,11-16,22,31-32H,1,9-10,17-21,23-24H2,2-3H3,(H,38,44)(H,39,45)(H,42,43). The number of fused-ring (bicyclic) bond motifs is 3. The lowest BCUT2D eigenvalue weighted by atomic mass is 9.98. The van der Waals surface area contributed by atoms with Crippen molar-refractivity contribution in [1.29, 1.82) is 0 Å². The normalized spacial score (nSPS) is 12.1. The number of carbonyl (C=O) groups is 4. The van der Waals surface area contributed by atoms with Crippen LogP contribution in [0.2, 0.25) is 0 Å². The van der Waals surface area contributed by atoms with E-state index in [9.17, 15) is 24.3 Å². The highest BCUT2D eigenvalue weighted by Gasteiger charge is 2.30. The first-order valence-electron chi connectivity index (χ1n) is 16.1. The van der Waals surface area contributed by atoms with Crippen LogP contribution < -0.4 is 20.1 Å². The molecule has 4 rings (SSSR count). The Labute approximate surface area is 286 Å². The van der Waals surface area contributed by atoms with Crippen LogP contribution >= 0.6 is 0 Å². The summed E-state index contributed by atoms with van der Waals surface area (Å²) in [5.74, 6) is -0.643. The van der Waals surface area contributed by atoms with Crippen LogP contribution in [0.25, 0.3) is 11.1 Å². The lowest BCUT2D eigenvalue weighted by Crippen LogP contribution is -2.42. The van der Waals surface area contributed by atoms with E-state index in [0.717, 1.165) is 27.8 Å². The molecule has 0 radical (unpaired) electrons. The van der Waals surface area contributed by atoms with E-state index in [1.54, 1.807) is 30.2 Å². The van der Waals surface area contributed by atoms with Crippen LogP contribution in [0.4, 0.5) is 9.59 Å². The van der Waals surface area contributed by atoms with Crippen LogP contribution in [0.1, 0.15) is 48.3 Å².